The van der Waals surface area contributed by atoms with Gasteiger partial charge in [0.1, 0.15) is 5.78 Å². The van der Waals surface area contributed by atoms with Crippen LogP contribution in [0, 0.1) is 5.92 Å². The average Bonchev–Trinajstić information content (AvgIpc) is 2.37. The lowest BCUT2D eigenvalue weighted by Crippen LogP contribution is -2.72. The minimum absolute atomic E-state index is 0.000394. The SMILES string of the molecule is CNC12CCCC(NC)(NC)C1CCC(=O)C2. The molecule has 2 unspecified atom stereocenters. The predicted molar refractivity (Wildman–Crippen MR) is 68.8 cm³/mol. The molecule has 2 aliphatic rings. The lowest BCUT2D eigenvalue weighted by Gasteiger charge is -2.56. The van der Waals surface area contributed by atoms with Gasteiger partial charge in [-0.3, -0.25) is 4.79 Å². The summed E-state index contributed by atoms with van der Waals surface area (Å²) in [6.45, 7) is 0. The summed E-state index contributed by atoms with van der Waals surface area (Å²) >= 11 is 0. The topological polar surface area (TPSA) is 53.2 Å². The van der Waals surface area contributed by atoms with Crippen molar-refractivity contribution in [3.8, 4) is 0 Å². The number of rotatable bonds is 3. The summed E-state index contributed by atoms with van der Waals surface area (Å²) in [5.41, 5.74) is -0.0123. The van der Waals surface area contributed by atoms with Crippen LogP contribution in [0.3, 0.4) is 0 Å². The minimum Gasteiger partial charge on any atom is -0.313 e. The normalized spacial score (nSPS) is 36.6. The molecule has 2 rings (SSSR count). The Morgan fingerprint density at radius 3 is 2.41 bits per heavy atom. The van der Waals surface area contributed by atoms with Gasteiger partial charge >= 0.3 is 0 Å². The van der Waals surface area contributed by atoms with Gasteiger partial charge < -0.3 is 16.0 Å². The first-order valence-electron chi connectivity index (χ1n) is 6.71. The van der Waals surface area contributed by atoms with Crippen LogP contribution in [0.4, 0.5) is 0 Å². The van der Waals surface area contributed by atoms with E-state index in [1.165, 1.54) is 0 Å². The number of fused-ring (bicyclic) bond motifs is 1. The molecule has 2 fully saturated rings. The van der Waals surface area contributed by atoms with Crippen molar-refractivity contribution in [3.05, 3.63) is 0 Å². The van der Waals surface area contributed by atoms with Crippen LogP contribution in [0.25, 0.3) is 0 Å². The molecule has 4 nitrogen and oxygen atoms in total. The fourth-order valence-electron chi connectivity index (χ4n) is 4.09. The second kappa shape index (κ2) is 4.67. The Hall–Kier alpha value is -0.450. The van der Waals surface area contributed by atoms with Gasteiger partial charge in [-0.1, -0.05) is 0 Å². The Morgan fingerprint density at radius 2 is 1.82 bits per heavy atom. The van der Waals surface area contributed by atoms with E-state index in [2.05, 4.69) is 16.0 Å². The average molecular weight is 239 g/mol. The van der Waals surface area contributed by atoms with Crippen LogP contribution in [-0.2, 0) is 4.79 Å². The monoisotopic (exact) mass is 239 g/mol. The lowest BCUT2D eigenvalue weighted by molar-refractivity contribution is -0.127. The van der Waals surface area contributed by atoms with Gasteiger partial charge in [0, 0.05) is 24.3 Å². The molecule has 0 aliphatic heterocycles. The molecule has 0 aromatic heterocycles. The van der Waals surface area contributed by atoms with Gasteiger partial charge in [0.15, 0.2) is 0 Å². The van der Waals surface area contributed by atoms with Crippen molar-refractivity contribution in [1.29, 1.82) is 0 Å². The zero-order valence-electron chi connectivity index (χ0n) is 11.2. The van der Waals surface area contributed by atoms with Gasteiger partial charge in [0.05, 0.1) is 5.66 Å². The van der Waals surface area contributed by atoms with Crippen LogP contribution in [0.1, 0.15) is 38.5 Å². The summed E-state index contributed by atoms with van der Waals surface area (Å²) < 4.78 is 0. The van der Waals surface area contributed by atoms with Crippen LogP contribution in [0.5, 0.6) is 0 Å². The van der Waals surface area contributed by atoms with E-state index in [0.29, 0.717) is 18.1 Å². The van der Waals surface area contributed by atoms with Crippen LogP contribution < -0.4 is 16.0 Å². The van der Waals surface area contributed by atoms with Crippen molar-refractivity contribution in [1.82, 2.24) is 16.0 Å². The van der Waals surface area contributed by atoms with E-state index in [4.69, 9.17) is 0 Å². The molecule has 4 heteroatoms. The molecule has 0 aromatic carbocycles. The first kappa shape index (κ1) is 13.0. The largest absolute Gasteiger partial charge is 0.313 e. The Morgan fingerprint density at radius 1 is 1.12 bits per heavy atom. The first-order valence-corrected chi connectivity index (χ1v) is 6.71. The van der Waals surface area contributed by atoms with Crippen molar-refractivity contribution < 1.29 is 4.79 Å². The molecule has 0 bridgehead atoms. The second-order valence-electron chi connectivity index (χ2n) is 5.54. The van der Waals surface area contributed by atoms with E-state index in [9.17, 15) is 4.79 Å². The summed E-state index contributed by atoms with van der Waals surface area (Å²) in [6.07, 6.45) is 5.83. The van der Waals surface area contributed by atoms with Crippen LogP contribution >= 0.6 is 0 Å². The van der Waals surface area contributed by atoms with Crippen molar-refractivity contribution in [2.45, 2.75) is 49.7 Å². The maximum atomic E-state index is 11.8. The zero-order valence-corrected chi connectivity index (χ0v) is 11.2. The lowest BCUT2D eigenvalue weighted by atomic mass is 9.60. The van der Waals surface area contributed by atoms with Crippen molar-refractivity contribution in [2.75, 3.05) is 21.1 Å². The van der Waals surface area contributed by atoms with Crippen LogP contribution in [0.15, 0.2) is 0 Å². The van der Waals surface area contributed by atoms with Gasteiger partial charge in [-0.15, -0.1) is 0 Å². The highest BCUT2D eigenvalue weighted by Crippen LogP contribution is 2.46. The number of carbonyl (C=O) groups is 1. The fraction of sp³-hybridized carbons (Fsp3) is 0.923. The fourth-order valence-corrected chi connectivity index (χ4v) is 4.09. The molecule has 2 atom stereocenters. The molecular weight excluding hydrogens is 214 g/mol. The quantitative estimate of drug-likeness (QED) is 0.632. The van der Waals surface area contributed by atoms with E-state index >= 15 is 0 Å². The third kappa shape index (κ3) is 1.92. The van der Waals surface area contributed by atoms with Crippen molar-refractivity contribution >= 4 is 5.78 Å². The first-order chi connectivity index (χ1) is 8.12. The van der Waals surface area contributed by atoms with Gasteiger partial charge in [-0.05, 0) is 46.8 Å². The molecule has 0 spiro atoms. The van der Waals surface area contributed by atoms with Crippen molar-refractivity contribution in [3.63, 3.8) is 0 Å². The summed E-state index contributed by atoms with van der Waals surface area (Å²) in [5.74, 6) is 0.903. The van der Waals surface area contributed by atoms with Gasteiger partial charge in [-0.2, -0.15) is 0 Å². The molecule has 0 heterocycles. The number of carbonyl (C=O) groups excluding carboxylic acids is 1. The van der Waals surface area contributed by atoms with E-state index < -0.39 is 0 Å². The maximum Gasteiger partial charge on any atom is 0.134 e. The molecule has 0 saturated heterocycles. The van der Waals surface area contributed by atoms with Gasteiger partial charge in [-0.25, -0.2) is 0 Å². The summed E-state index contributed by atoms with van der Waals surface area (Å²) in [5, 5.41) is 10.4. The molecule has 0 aromatic rings. The molecule has 0 radical (unpaired) electrons. The highest BCUT2D eigenvalue weighted by molar-refractivity contribution is 5.80. The summed E-state index contributed by atoms with van der Waals surface area (Å²) in [7, 11) is 6.06. The van der Waals surface area contributed by atoms with Crippen molar-refractivity contribution in [2.24, 2.45) is 5.92 Å². The molecule has 2 aliphatic carbocycles. The molecule has 3 N–H and O–H groups in total. The smallest absolute Gasteiger partial charge is 0.134 e. The number of nitrogens with one attached hydrogen (secondary N) is 3. The highest BCUT2D eigenvalue weighted by atomic mass is 16.1. The minimum atomic E-state index is -0.0119. The predicted octanol–water partition coefficient (Wildman–Crippen LogP) is 0.633. The third-order valence-corrected chi connectivity index (χ3v) is 5.07. The van der Waals surface area contributed by atoms with Gasteiger partial charge in [0.2, 0.25) is 0 Å². The Balaban J connectivity index is 2.33. The standard InChI is InChI=1S/C13H25N3O/c1-14-12-7-4-8-13(15-2,16-3)11(12)6-5-10(17)9-12/h11,14-16H,4-9H2,1-3H3. The molecule has 0 amide bonds. The molecule has 17 heavy (non-hydrogen) atoms. The molecular formula is C13H25N3O. The Bertz CT molecular complexity index is 301. The van der Waals surface area contributed by atoms with Crippen LogP contribution in [-0.4, -0.2) is 38.1 Å². The Labute approximate surface area is 104 Å². The number of Topliss-reactive ketones (excluding diaryl/α,β-unsaturated/α-hetero) is 1. The van der Waals surface area contributed by atoms with E-state index in [1.54, 1.807) is 0 Å². The number of hydrogen-bond donors (Lipinski definition) is 3. The maximum absolute atomic E-state index is 11.8. The van der Waals surface area contributed by atoms with E-state index in [1.807, 2.05) is 21.1 Å². The third-order valence-electron chi connectivity index (χ3n) is 5.07. The number of ketones is 1. The molecule has 2 saturated carbocycles. The highest BCUT2D eigenvalue weighted by Gasteiger charge is 2.54. The molecule has 98 valence electrons. The van der Waals surface area contributed by atoms with E-state index in [-0.39, 0.29) is 11.2 Å². The Kier molecular flexibility index (Phi) is 3.57. The summed E-state index contributed by atoms with van der Waals surface area (Å²) in [6, 6.07) is 0. The summed E-state index contributed by atoms with van der Waals surface area (Å²) in [4.78, 5) is 11.8. The number of hydrogen-bond acceptors (Lipinski definition) is 4. The van der Waals surface area contributed by atoms with Gasteiger partial charge in [0.25, 0.3) is 0 Å². The second-order valence-corrected chi connectivity index (χ2v) is 5.54. The van der Waals surface area contributed by atoms with Crippen LogP contribution in [0.2, 0.25) is 0 Å². The van der Waals surface area contributed by atoms with E-state index in [0.717, 1.165) is 32.1 Å². The zero-order chi connectivity index (χ0) is 12.5.